The van der Waals surface area contributed by atoms with Gasteiger partial charge in [-0.25, -0.2) is 9.18 Å². The molecule has 4 rings (SSSR count). The van der Waals surface area contributed by atoms with E-state index in [1.165, 1.54) is 16.7 Å². The molecule has 1 aliphatic rings. The molecule has 1 saturated heterocycles. The number of esters is 1. The molecule has 0 aliphatic carbocycles. The predicted molar refractivity (Wildman–Crippen MR) is 128 cm³/mol. The van der Waals surface area contributed by atoms with E-state index in [9.17, 15) is 18.8 Å². The lowest BCUT2D eigenvalue weighted by atomic mass is 9.80. The monoisotopic (exact) mass is 467 g/mol. The molecule has 2 aromatic carbocycles. The van der Waals surface area contributed by atoms with Gasteiger partial charge in [0.05, 0.1) is 23.4 Å². The zero-order valence-electron chi connectivity index (χ0n) is 19.3. The van der Waals surface area contributed by atoms with Gasteiger partial charge in [0.1, 0.15) is 5.82 Å². The third kappa shape index (κ3) is 5.28. The second kappa shape index (κ2) is 10.8. The Morgan fingerprint density at radius 2 is 1.82 bits per heavy atom. The Balaban J connectivity index is 1.37. The SMILES string of the molecule is CCOC(=O)[C@H]1CN(CCCCn2c(=O)[nH]c3ccccc3c2=O)CC[C@H]1c1ccc(F)cc1. The number of carbonyl (C=O) groups excluding carboxylic acids is 1. The molecule has 1 aromatic heterocycles. The van der Waals surface area contributed by atoms with Gasteiger partial charge < -0.3 is 14.6 Å². The molecule has 180 valence electrons. The van der Waals surface area contributed by atoms with Gasteiger partial charge in [-0.2, -0.15) is 0 Å². The van der Waals surface area contributed by atoms with Crippen LogP contribution in [0.15, 0.2) is 58.1 Å². The molecular formula is C26H30FN3O4. The highest BCUT2D eigenvalue weighted by atomic mass is 19.1. The van der Waals surface area contributed by atoms with E-state index < -0.39 is 5.69 Å². The van der Waals surface area contributed by atoms with Gasteiger partial charge in [0.25, 0.3) is 5.56 Å². The first-order chi connectivity index (χ1) is 16.5. The summed E-state index contributed by atoms with van der Waals surface area (Å²) in [6, 6.07) is 13.4. The largest absolute Gasteiger partial charge is 0.466 e. The Morgan fingerprint density at radius 1 is 1.09 bits per heavy atom. The minimum Gasteiger partial charge on any atom is -0.466 e. The number of fused-ring (bicyclic) bond motifs is 1. The number of H-pyrrole nitrogens is 1. The normalized spacial score (nSPS) is 18.8. The van der Waals surface area contributed by atoms with Crippen molar-refractivity contribution in [3.05, 3.63) is 80.7 Å². The van der Waals surface area contributed by atoms with Crippen LogP contribution in [0.25, 0.3) is 10.9 Å². The highest BCUT2D eigenvalue weighted by Gasteiger charge is 2.36. The lowest BCUT2D eigenvalue weighted by Crippen LogP contribution is -2.44. The lowest BCUT2D eigenvalue weighted by Gasteiger charge is -2.37. The van der Waals surface area contributed by atoms with Crippen molar-refractivity contribution in [1.82, 2.24) is 14.5 Å². The van der Waals surface area contributed by atoms with Crippen LogP contribution in [0.2, 0.25) is 0 Å². The molecule has 0 bridgehead atoms. The standard InChI is InChI=1S/C26H30FN3O4/c1-2-34-25(32)22-17-29(16-13-20(22)18-9-11-19(27)12-10-18)14-5-6-15-30-24(31)21-7-3-4-8-23(21)28-26(30)33/h3-4,7-12,20,22H,2,5-6,13-17H2,1H3,(H,28,33)/t20-,22-/m0/s1. The molecule has 0 amide bonds. The highest BCUT2D eigenvalue weighted by molar-refractivity contribution is 5.77. The first-order valence-corrected chi connectivity index (χ1v) is 11.8. The number of aromatic amines is 1. The number of likely N-dealkylation sites (tertiary alicyclic amines) is 1. The summed E-state index contributed by atoms with van der Waals surface area (Å²) in [5.74, 6) is -0.843. The van der Waals surface area contributed by atoms with Gasteiger partial charge in [0.2, 0.25) is 0 Å². The highest BCUT2D eigenvalue weighted by Crippen LogP contribution is 2.34. The van der Waals surface area contributed by atoms with Crippen LogP contribution in [0.1, 0.15) is 37.7 Å². The fourth-order valence-electron chi connectivity index (χ4n) is 4.83. The Bertz CT molecular complexity index is 1250. The number of hydrogen-bond donors (Lipinski definition) is 1. The van der Waals surface area contributed by atoms with Crippen molar-refractivity contribution in [2.75, 3.05) is 26.2 Å². The fourth-order valence-corrected chi connectivity index (χ4v) is 4.83. The number of nitrogens with one attached hydrogen (secondary N) is 1. The quantitative estimate of drug-likeness (QED) is 0.406. The number of unbranched alkanes of at least 4 members (excludes halogenated alkanes) is 1. The first-order valence-electron chi connectivity index (χ1n) is 11.8. The molecule has 3 aromatic rings. The Labute approximate surface area is 197 Å². The minimum absolute atomic E-state index is 0.00867. The third-order valence-electron chi connectivity index (χ3n) is 6.58. The molecule has 0 saturated carbocycles. The number of para-hydroxylation sites is 1. The van der Waals surface area contributed by atoms with Crippen LogP contribution in [-0.4, -0.2) is 46.7 Å². The van der Waals surface area contributed by atoms with Gasteiger partial charge in [-0.05, 0) is 75.0 Å². The number of carbonyl (C=O) groups is 1. The second-order valence-electron chi connectivity index (χ2n) is 8.75. The molecule has 34 heavy (non-hydrogen) atoms. The molecule has 1 N–H and O–H groups in total. The Morgan fingerprint density at radius 3 is 2.59 bits per heavy atom. The van der Waals surface area contributed by atoms with Gasteiger partial charge in [-0.3, -0.25) is 14.2 Å². The van der Waals surface area contributed by atoms with Gasteiger partial charge in [-0.1, -0.05) is 24.3 Å². The summed E-state index contributed by atoms with van der Waals surface area (Å²) in [6.07, 6.45) is 2.23. The van der Waals surface area contributed by atoms with Crippen molar-refractivity contribution < 1.29 is 13.9 Å². The van der Waals surface area contributed by atoms with Crippen molar-refractivity contribution in [3.63, 3.8) is 0 Å². The van der Waals surface area contributed by atoms with Crippen molar-refractivity contribution in [1.29, 1.82) is 0 Å². The summed E-state index contributed by atoms with van der Waals surface area (Å²) in [7, 11) is 0. The molecular weight excluding hydrogens is 437 g/mol. The fraction of sp³-hybridized carbons (Fsp3) is 0.423. The van der Waals surface area contributed by atoms with Crippen molar-refractivity contribution >= 4 is 16.9 Å². The Hall–Kier alpha value is -3.26. The van der Waals surface area contributed by atoms with E-state index >= 15 is 0 Å². The number of rotatable bonds is 8. The predicted octanol–water partition coefficient (Wildman–Crippen LogP) is 3.28. The average molecular weight is 468 g/mol. The average Bonchev–Trinajstić information content (AvgIpc) is 2.84. The summed E-state index contributed by atoms with van der Waals surface area (Å²) >= 11 is 0. The van der Waals surface area contributed by atoms with Gasteiger partial charge >= 0.3 is 11.7 Å². The van der Waals surface area contributed by atoms with E-state index in [1.807, 2.05) is 0 Å². The molecule has 0 radical (unpaired) electrons. The molecule has 0 unspecified atom stereocenters. The molecule has 1 fully saturated rings. The molecule has 8 heteroatoms. The molecule has 2 atom stereocenters. The smallest absolute Gasteiger partial charge is 0.328 e. The number of halogens is 1. The van der Waals surface area contributed by atoms with Crippen LogP contribution in [0.4, 0.5) is 4.39 Å². The van der Waals surface area contributed by atoms with Crippen molar-refractivity contribution in [2.45, 2.75) is 38.6 Å². The number of piperidine rings is 1. The number of nitrogens with zero attached hydrogens (tertiary/aromatic N) is 2. The van der Waals surface area contributed by atoms with Crippen molar-refractivity contribution in [2.24, 2.45) is 5.92 Å². The number of ether oxygens (including phenoxy) is 1. The van der Waals surface area contributed by atoms with E-state index in [4.69, 9.17) is 4.74 Å². The minimum atomic E-state index is -0.397. The summed E-state index contributed by atoms with van der Waals surface area (Å²) in [5, 5.41) is 0.502. The number of aromatic nitrogens is 2. The molecule has 0 spiro atoms. The zero-order chi connectivity index (χ0) is 24.1. The van der Waals surface area contributed by atoms with Gasteiger partial charge in [0, 0.05) is 13.1 Å². The van der Waals surface area contributed by atoms with Crippen LogP contribution in [0.5, 0.6) is 0 Å². The number of hydrogen-bond acceptors (Lipinski definition) is 5. The molecule has 1 aliphatic heterocycles. The lowest BCUT2D eigenvalue weighted by molar-refractivity contribution is -0.150. The van der Waals surface area contributed by atoms with E-state index in [2.05, 4.69) is 9.88 Å². The van der Waals surface area contributed by atoms with E-state index in [0.29, 0.717) is 37.0 Å². The maximum Gasteiger partial charge on any atom is 0.328 e. The Kier molecular flexibility index (Phi) is 7.57. The third-order valence-corrected chi connectivity index (χ3v) is 6.58. The summed E-state index contributed by atoms with van der Waals surface area (Å²) < 4.78 is 20.0. The van der Waals surface area contributed by atoms with Gasteiger partial charge in [-0.15, -0.1) is 0 Å². The second-order valence-corrected chi connectivity index (χ2v) is 8.75. The van der Waals surface area contributed by atoms with Crippen molar-refractivity contribution in [3.8, 4) is 0 Å². The first kappa shape index (κ1) is 23.9. The maximum atomic E-state index is 13.4. The van der Waals surface area contributed by atoms with Crippen LogP contribution < -0.4 is 11.2 Å². The zero-order valence-corrected chi connectivity index (χ0v) is 19.3. The van der Waals surface area contributed by atoms with Gasteiger partial charge in [0.15, 0.2) is 0 Å². The molecule has 2 heterocycles. The van der Waals surface area contributed by atoms with Crippen LogP contribution in [-0.2, 0) is 16.1 Å². The maximum absolute atomic E-state index is 13.4. The van der Waals surface area contributed by atoms with E-state index in [0.717, 1.165) is 31.5 Å². The van der Waals surface area contributed by atoms with Crippen LogP contribution >= 0.6 is 0 Å². The van der Waals surface area contributed by atoms with Crippen LogP contribution in [0, 0.1) is 11.7 Å². The summed E-state index contributed by atoms with van der Waals surface area (Å²) in [6.45, 7) is 4.59. The van der Waals surface area contributed by atoms with E-state index in [1.54, 1.807) is 43.3 Å². The topological polar surface area (TPSA) is 84.4 Å². The summed E-state index contributed by atoms with van der Waals surface area (Å²) in [5.41, 5.74) is 0.824. The van der Waals surface area contributed by atoms with E-state index in [-0.39, 0.29) is 29.2 Å². The van der Waals surface area contributed by atoms with Crippen LogP contribution in [0.3, 0.4) is 0 Å². The molecule has 7 nitrogen and oxygen atoms in total. The summed E-state index contributed by atoms with van der Waals surface area (Å²) in [4.78, 5) is 42.7. The number of benzene rings is 2.